The molecule has 1 atom stereocenters. The maximum Gasteiger partial charge on any atom is 0.297 e. The first-order valence-corrected chi connectivity index (χ1v) is 16.7. The zero-order valence-electron chi connectivity index (χ0n) is 19.3. The van der Waals surface area contributed by atoms with Crippen molar-refractivity contribution < 1.29 is 13.5 Å². The predicted octanol–water partition coefficient (Wildman–Crippen LogP) is 10.3. The van der Waals surface area contributed by atoms with Crippen molar-refractivity contribution in [2.45, 2.75) is 59.8 Å². The third-order valence-electron chi connectivity index (χ3n) is 5.10. The van der Waals surface area contributed by atoms with E-state index in [1.807, 2.05) is 6.92 Å². The molecule has 3 rings (SSSR count). The van der Waals surface area contributed by atoms with Gasteiger partial charge in [-0.2, -0.15) is 0 Å². The Hall–Kier alpha value is -0.330. The van der Waals surface area contributed by atoms with E-state index in [0.29, 0.717) is 26.7 Å². The molecular weight excluding hydrogens is 534 g/mol. The highest BCUT2D eigenvalue weighted by Crippen LogP contribution is 2.61. The molecule has 180 valence electrons. The summed E-state index contributed by atoms with van der Waals surface area (Å²) in [7, 11) is 0. The molecule has 0 aliphatic rings. The van der Waals surface area contributed by atoms with E-state index >= 15 is 0 Å². The lowest BCUT2D eigenvalue weighted by Crippen LogP contribution is -2.02. The van der Waals surface area contributed by atoms with Gasteiger partial charge in [0.15, 0.2) is 0 Å². The Morgan fingerprint density at radius 2 is 1.70 bits per heavy atom. The van der Waals surface area contributed by atoms with Crippen LogP contribution in [-0.2, 0) is 29.2 Å². The SMILES string of the molecule is CCCSP(=S)(OCC)Oc1cc(CCC)c2oc3cc(Cl)c(Cl)cc3c(=S)c2c1CCC. The average molecular weight is 564 g/mol. The molecule has 0 fully saturated rings. The molecule has 3 nitrogen and oxygen atoms in total. The molecule has 3 aromatic rings. The summed E-state index contributed by atoms with van der Waals surface area (Å²) in [6.45, 7) is 8.87. The first-order valence-electron chi connectivity index (χ1n) is 11.3. The summed E-state index contributed by atoms with van der Waals surface area (Å²) < 4.78 is 19.7. The van der Waals surface area contributed by atoms with E-state index in [1.54, 1.807) is 23.5 Å². The molecule has 0 spiro atoms. The summed E-state index contributed by atoms with van der Waals surface area (Å²) in [5, 5.41) is 2.56. The molecule has 1 unspecified atom stereocenters. The number of hydrogen-bond donors (Lipinski definition) is 0. The van der Waals surface area contributed by atoms with Gasteiger partial charge in [-0.1, -0.05) is 80.4 Å². The zero-order valence-corrected chi connectivity index (χ0v) is 24.2. The number of benzene rings is 2. The van der Waals surface area contributed by atoms with Gasteiger partial charge in [0.2, 0.25) is 0 Å². The molecule has 0 N–H and O–H groups in total. The molecular formula is C24H29Cl2O3PS3. The fourth-order valence-corrected chi connectivity index (χ4v) is 9.11. The summed E-state index contributed by atoms with van der Waals surface area (Å²) >= 11 is 26.1. The highest BCUT2D eigenvalue weighted by molar-refractivity contribution is 8.68. The van der Waals surface area contributed by atoms with Gasteiger partial charge in [-0.25, -0.2) is 0 Å². The van der Waals surface area contributed by atoms with E-state index in [2.05, 4.69) is 26.8 Å². The van der Waals surface area contributed by atoms with Gasteiger partial charge in [-0.15, -0.1) is 0 Å². The number of rotatable bonds is 11. The maximum absolute atomic E-state index is 6.56. The fraction of sp³-hybridized carbons (Fsp3) is 0.458. The summed E-state index contributed by atoms with van der Waals surface area (Å²) in [6.07, 6.45) is 4.48. The normalized spacial score (nSPS) is 13.5. The fourth-order valence-electron chi connectivity index (χ4n) is 3.73. The summed E-state index contributed by atoms with van der Waals surface area (Å²) in [5.41, 5.74) is 0.919. The van der Waals surface area contributed by atoms with Crippen molar-refractivity contribution in [3.05, 3.63) is 43.9 Å². The first-order chi connectivity index (χ1) is 15.8. The molecule has 0 saturated carbocycles. The standard InChI is InChI=1S/C24H29Cl2O3PS3/c1-5-9-15-12-21(29-30(32,27-8-4)33-11-7-3)16(10-6-2)22-23(15)28-20-14-19(26)18(25)13-17(20)24(22)31/h12-14H,5-11H2,1-4H3. The van der Waals surface area contributed by atoms with Crippen molar-refractivity contribution >= 4 is 86.2 Å². The molecule has 0 saturated heterocycles. The van der Waals surface area contributed by atoms with Crippen LogP contribution in [0, 0.1) is 4.51 Å². The van der Waals surface area contributed by atoms with Crippen molar-refractivity contribution in [1.29, 1.82) is 0 Å². The van der Waals surface area contributed by atoms with Crippen LogP contribution in [0.5, 0.6) is 5.75 Å². The molecule has 1 aromatic heterocycles. The van der Waals surface area contributed by atoms with Gasteiger partial charge in [-0.05, 0) is 55.7 Å². The lowest BCUT2D eigenvalue weighted by molar-refractivity contribution is 0.343. The third-order valence-corrected chi connectivity index (χ3v) is 11.7. The summed E-state index contributed by atoms with van der Waals surface area (Å²) in [6, 6.07) is 5.60. The van der Waals surface area contributed by atoms with Crippen molar-refractivity contribution in [3.63, 3.8) is 0 Å². The van der Waals surface area contributed by atoms with Gasteiger partial charge < -0.3 is 13.5 Å². The molecule has 0 bridgehead atoms. The quantitative estimate of drug-likeness (QED) is 0.131. The lowest BCUT2D eigenvalue weighted by Gasteiger charge is -2.24. The minimum Gasteiger partial charge on any atom is -0.456 e. The maximum atomic E-state index is 6.56. The smallest absolute Gasteiger partial charge is 0.297 e. The monoisotopic (exact) mass is 562 g/mol. The third kappa shape index (κ3) is 6.09. The average Bonchev–Trinajstić information content (AvgIpc) is 2.77. The second-order valence-electron chi connectivity index (χ2n) is 7.70. The van der Waals surface area contributed by atoms with Crippen LogP contribution in [0.15, 0.2) is 22.6 Å². The molecule has 0 radical (unpaired) electrons. The van der Waals surface area contributed by atoms with Crippen LogP contribution in [0.2, 0.25) is 10.0 Å². The van der Waals surface area contributed by atoms with E-state index in [4.69, 9.17) is 60.7 Å². The van der Waals surface area contributed by atoms with Gasteiger partial charge in [0.1, 0.15) is 16.9 Å². The van der Waals surface area contributed by atoms with E-state index in [0.717, 1.165) is 71.1 Å². The highest BCUT2D eigenvalue weighted by atomic mass is 35.5. The second kappa shape index (κ2) is 12.1. The van der Waals surface area contributed by atoms with Crippen LogP contribution in [0.25, 0.3) is 21.9 Å². The van der Waals surface area contributed by atoms with E-state index < -0.39 is 5.69 Å². The van der Waals surface area contributed by atoms with Crippen LogP contribution in [0.1, 0.15) is 58.1 Å². The lowest BCUT2D eigenvalue weighted by atomic mass is 9.97. The Labute approximate surface area is 220 Å². The van der Waals surface area contributed by atoms with Gasteiger partial charge in [0, 0.05) is 28.2 Å². The Morgan fingerprint density at radius 1 is 1.00 bits per heavy atom. The summed E-state index contributed by atoms with van der Waals surface area (Å²) in [4.78, 5) is 0. The van der Waals surface area contributed by atoms with E-state index in [-0.39, 0.29) is 0 Å². The Kier molecular flexibility index (Phi) is 9.97. The number of hydrogen-bond acceptors (Lipinski definition) is 6. The Morgan fingerprint density at radius 3 is 2.33 bits per heavy atom. The van der Waals surface area contributed by atoms with Gasteiger partial charge in [0.25, 0.3) is 5.69 Å². The zero-order chi connectivity index (χ0) is 24.2. The van der Waals surface area contributed by atoms with Gasteiger partial charge in [-0.3, -0.25) is 0 Å². The van der Waals surface area contributed by atoms with Crippen molar-refractivity contribution in [3.8, 4) is 5.75 Å². The number of aryl methyl sites for hydroxylation is 2. The summed E-state index contributed by atoms with van der Waals surface area (Å²) in [5.74, 6) is 1.65. The van der Waals surface area contributed by atoms with E-state index in [1.165, 1.54) is 0 Å². The Bertz CT molecular complexity index is 1260. The van der Waals surface area contributed by atoms with Crippen molar-refractivity contribution in [2.75, 3.05) is 12.4 Å². The minimum absolute atomic E-state index is 0.442. The molecule has 2 aromatic carbocycles. The molecule has 1 heterocycles. The van der Waals surface area contributed by atoms with Crippen molar-refractivity contribution in [1.82, 2.24) is 0 Å². The number of halogens is 2. The van der Waals surface area contributed by atoms with Gasteiger partial charge in [0.05, 0.1) is 21.2 Å². The van der Waals surface area contributed by atoms with Crippen LogP contribution < -0.4 is 4.52 Å². The van der Waals surface area contributed by atoms with Crippen LogP contribution >= 0.6 is 52.5 Å². The van der Waals surface area contributed by atoms with Crippen LogP contribution in [0.3, 0.4) is 0 Å². The topological polar surface area (TPSA) is 31.6 Å². The van der Waals surface area contributed by atoms with E-state index in [9.17, 15) is 0 Å². The minimum atomic E-state index is -2.56. The predicted molar refractivity (Wildman–Crippen MR) is 152 cm³/mol. The molecule has 9 heteroatoms. The second-order valence-corrected chi connectivity index (χ2v) is 15.3. The van der Waals surface area contributed by atoms with Gasteiger partial charge >= 0.3 is 0 Å². The number of fused-ring (bicyclic) bond motifs is 2. The van der Waals surface area contributed by atoms with Crippen LogP contribution in [0.4, 0.5) is 0 Å². The first kappa shape index (κ1) is 27.3. The van der Waals surface area contributed by atoms with Crippen molar-refractivity contribution in [2.24, 2.45) is 0 Å². The largest absolute Gasteiger partial charge is 0.456 e. The highest BCUT2D eigenvalue weighted by Gasteiger charge is 2.25. The van der Waals surface area contributed by atoms with Crippen LogP contribution in [-0.4, -0.2) is 12.4 Å². The molecule has 0 amide bonds. The molecule has 33 heavy (non-hydrogen) atoms. The Balaban J connectivity index is 2.36. The molecule has 0 aliphatic carbocycles. The molecule has 0 aliphatic heterocycles.